The molecule has 0 aromatic rings. The number of halogens is 1. The maximum absolute atomic E-state index is 13.1. The van der Waals surface area contributed by atoms with Crippen LogP contribution in [0.1, 0.15) is 19.3 Å². The number of rotatable bonds is 4. The van der Waals surface area contributed by atoms with Gasteiger partial charge in [-0.05, 0) is 12.8 Å². The predicted octanol–water partition coefficient (Wildman–Crippen LogP) is -0.135. The van der Waals surface area contributed by atoms with Gasteiger partial charge in [0, 0.05) is 6.54 Å². The molecule has 4 nitrogen and oxygen atoms in total. The minimum atomic E-state index is -1.42. The Hall–Kier alpha value is -0.680. The van der Waals surface area contributed by atoms with Gasteiger partial charge in [-0.1, -0.05) is 6.42 Å². The number of nitrogens with two attached hydrogens (primary N) is 2. The maximum Gasteiger partial charge on any atom is 0.311 e. The first-order chi connectivity index (χ1) is 6.04. The Morgan fingerprint density at radius 3 is 2.38 bits per heavy atom. The first kappa shape index (κ1) is 10.4. The van der Waals surface area contributed by atoms with Crippen molar-refractivity contribution in [2.75, 3.05) is 6.54 Å². The molecule has 2 atom stereocenters. The molecule has 5 heteroatoms. The van der Waals surface area contributed by atoms with Crippen LogP contribution in [0, 0.1) is 5.41 Å². The molecule has 0 aromatic carbocycles. The number of hydrogen-bond acceptors (Lipinski definition) is 3. The van der Waals surface area contributed by atoms with Crippen LogP contribution in [0.5, 0.6) is 0 Å². The molecule has 1 rings (SSSR count). The van der Waals surface area contributed by atoms with E-state index in [2.05, 4.69) is 0 Å². The highest BCUT2D eigenvalue weighted by atomic mass is 19.1. The van der Waals surface area contributed by atoms with Gasteiger partial charge in [-0.3, -0.25) is 4.79 Å². The van der Waals surface area contributed by atoms with E-state index >= 15 is 0 Å². The van der Waals surface area contributed by atoms with Crippen LogP contribution in [0.4, 0.5) is 4.39 Å². The summed E-state index contributed by atoms with van der Waals surface area (Å²) in [4.78, 5) is 10.9. The number of carbonyl (C=O) groups is 1. The molecule has 1 saturated carbocycles. The number of carboxylic acid groups (broad SMARTS) is 1. The Morgan fingerprint density at radius 1 is 1.62 bits per heavy atom. The van der Waals surface area contributed by atoms with Crippen molar-refractivity contribution in [3.05, 3.63) is 0 Å². The zero-order chi connectivity index (χ0) is 10.1. The molecule has 0 saturated heterocycles. The van der Waals surface area contributed by atoms with Gasteiger partial charge in [-0.25, -0.2) is 4.39 Å². The van der Waals surface area contributed by atoms with Gasteiger partial charge in [0.2, 0.25) is 0 Å². The summed E-state index contributed by atoms with van der Waals surface area (Å²) in [5, 5.41) is 8.91. The Morgan fingerprint density at radius 2 is 2.15 bits per heavy atom. The molecule has 0 aliphatic heterocycles. The molecule has 5 N–H and O–H groups in total. The summed E-state index contributed by atoms with van der Waals surface area (Å²) >= 11 is 0. The molecule has 1 aliphatic rings. The molecule has 0 aromatic heterocycles. The Balaban J connectivity index is 2.71. The highest BCUT2D eigenvalue weighted by Gasteiger charge is 2.51. The van der Waals surface area contributed by atoms with E-state index in [9.17, 15) is 9.18 Å². The molecule has 76 valence electrons. The van der Waals surface area contributed by atoms with Gasteiger partial charge in [0.05, 0.1) is 11.5 Å². The molecule has 0 bridgehead atoms. The van der Waals surface area contributed by atoms with E-state index in [1.54, 1.807) is 0 Å². The van der Waals surface area contributed by atoms with Crippen LogP contribution in [-0.2, 0) is 4.79 Å². The zero-order valence-corrected chi connectivity index (χ0v) is 7.37. The summed E-state index contributed by atoms with van der Waals surface area (Å²) in [7, 11) is 0. The van der Waals surface area contributed by atoms with E-state index in [-0.39, 0.29) is 6.54 Å². The molecule has 0 amide bonds. The van der Waals surface area contributed by atoms with Gasteiger partial charge in [0.1, 0.15) is 6.17 Å². The van der Waals surface area contributed by atoms with Crippen molar-refractivity contribution in [1.82, 2.24) is 0 Å². The fourth-order valence-electron chi connectivity index (χ4n) is 1.74. The van der Waals surface area contributed by atoms with E-state index in [0.717, 1.165) is 6.42 Å². The fourth-order valence-corrected chi connectivity index (χ4v) is 1.74. The Bertz CT molecular complexity index is 206. The molecule has 0 heterocycles. The van der Waals surface area contributed by atoms with Gasteiger partial charge >= 0.3 is 5.97 Å². The minimum absolute atomic E-state index is 0.212. The van der Waals surface area contributed by atoms with E-state index in [1.165, 1.54) is 0 Å². The van der Waals surface area contributed by atoms with Crippen LogP contribution in [0.15, 0.2) is 0 Å². The van der Waals surface area contributed by atoms with E-state index in [0.29, 0.717) is 12.8 Å². The second kappa shape index (κ2) is 3.59. The largest absolute Gasteiger partial charge is 0.481 e. The number of alkyl halides is 1. The number of aliphatic carboxylic acids is 1. The third-order valence-corrected chi connectivity index (χ3v) is 2.92. The van der Waals surface area contributed by atoms with Crippen molar-refractivity contribution in [3.8, 4) is 0 Å². The van der Waals surface area contributed by atoms with Crippen molar-refractivity contribution in [1.29, 1.82) is 0 Å². The van der Waals surface area contributed by atoms with Crippen molar-refractivity contribution in [2.24, 2.45) is 16.9 Å². The van der Waals surface area contributed by atoms with Gasteiger partial charge in [-0.15, -0.1) is 0 Å². The lowest BCUT2D eigenvalue weighted by atomic mass is 9.63. The third kappa shape index (κ3) is 1.53. The van der Waals surface area contributed by atoms with Crippen molar-refractivity contribution >= 4 is 5.97 Å². The molecule has 13 heavy (non-hydrogen) atoms. The average molecular weight is 190 g/mol. The fraction of sp³-hybridized carbons (Fsp3) is 0.875. The molecular formula is C8H15FN2O2. The molecule has 2 unspecified atom stereocenters. The second-order valence-corrected chi connectivity index (χ2v) is 3.59. The summed E-state index contributed by atoms with van der Waals surface area (Å²) in [6, 6.07) is -0.969. The summed E-state index contributed by atoms with van der Waals surface area (Å²) in [5.74, 6) is -0.998. The predicted molar refractivity (Wildman–Crippen MR) is 45.8 cm³/mol. The summed E-state index contributed by atoms with van der Waals surface area (Å²) in [6.07, 6.45) is 0.307. The molecule has 0 radical (unpaired) electrons. The van der Waals surface area contributed by atoms with Crippen molar-refractivity contribution in [2.45, 2.75) is 31.5 Å². The van der Waals surface area contributed by atoms with Crippen LogP contribution in [0.2, 0.25) is 0 Å². The van der Waals surface area contributed by atoms with Crippen LogP contribution in [0.25, 0.3) is 0 Å². The first-order valence-electron chi connectivity index (χ1n) is 4.37. The summed E-state index contributed by atoms with van der Waals surface area (Å²) in [6.45, 7) is -0.212. The van der Waals surface area contributed by atoms with E-state index in [4.69, 9.17) is 16.6 Å². The third-order valence-electron chi connectivity index (χ3n) is 2.92. The normalized spacial score (nSPS) is 24.5. The van der Waals surface area contributed by atoms with Gasteiger partial charge in [0.15, 0.2) is 0 Å². The van der Waals surface area contributed by atoms with E-state index < -0.39 is 23.6 Å². The highest BCUT2D eigenvalue weighted by molar-refractivity contribution is 5.76. The zero-order valence-electron chi connectivity index (χ0n) is 7.37. The van der Waals surface area contributed by atoms with Gasteiger partial charge in [-0.2, -0.15) is 0 Å². The average Bonchev–Trinajstić information content (AvgIpc) is 2.00. The Labute approximate surface area is 76.1 Å². The second-order valence-electron chi connectivity index (χ2n) is 3.59. The van der Waals surface area contributed by atoms with Crippen LogP contribution < -0.4 is 11.5 Å². The summed E-state index contributed by atoms with van der Waals surface area (Å²) in [5.41, 5.74) is 9.58. The topological polar surface area (TPSA) is 89.3 Å². The van der Waals surface area contributed by atoms with Gasteiger partial charge in [0.25, 0.3) is 0 Å². The maximum atomic E-state index is 13.1. The SMILES string of the molecule is NCC(F)C(N)C1(C(=O)O)CCC1. The van der Waals surface area contributed by atoms with Crippen LogP contribution in [-0.4, -0.2) is 29.8 Å². The van der Waals surface area contributed by atoms with Crippen molar-refractivity contribution in [3.63, 3.8) is 0 Å². The molecular weight excluding hydrogens is 175 g/mol. The van der Waals surface area contributed by atoms with Crippen LogP contribution >= 0.6 is 0 Å². The molecule has 0 spiro atoms. The lowest BCUT2D eigenvalue weighted by molar-refractivity contribution is -0.158. The lowest BCUT2D eigenvalue weighted by Crippen LogP contribution is -2.57. The first-order valence-corrected chi connectivity index (χ1v) is 4.37. The number of hydrogen-bond donors (Lipinski definition) is 3. The lowest BCUT2D eigenvalue weighted by Gasteiger charge is -2.43. The van der Waals surface area contributed by atoms with Crippen LogP contribution in [0.3, 0.4) is 0 Å². The van der Waals surface area contributed by atoms with Gasteiger partial charge < -0.3 is 16.6 Å². The van der Waals surface area contributed by atoms with E-state index in [1.807, 2.05) is 0 Å². The monoisotopic (exact) mass is 190 g/mol. The quantitative estimate of drug-likeness (QED) is 0.576. The molecule has 1 fully saturated rings. The van der Waals surface area contributed by atoms with Crippen molar-refractivity contribution < 1.29 is 14.3 Å². The Kier molecular flexibility index (Phi) is 2.87. The summed E-state index contributed by atoms with van der Waals surface area (Å²) < 4.78 is 13.1. The highest BCUT2D eigenvalue weighted by Crippen LogP contribution is 2.44. The minimum Gasteiger partial charge on any atom is -0.481 e. The molecule has 1 aliphatic carbocycles. The smallest absolute Gasteiger partial charge is 0.311 e. The number of carboxylic acids is 1. The standard InChI is InChI=1S/C8H15FN2O2/c9-5(4-10)6(11)8(7(12)13)2-1-3-8/h5-6H,1-4,10-11H2,(H,12,13).